The molecule has 0 aromatic carbocycles. The molecule has 0 aromatic rings. The number of hydrogen-bond donors (Lipinski definition) is 4. The minimum atomic E-state index is -2.05. The van der Waals surface area contributed by atoms with Gasteiger partial charge in [-0.15, -0.1) is 0 Å². The summed E-state index contributed by atoms with van der Waals surface area (Å²) < 4.78 is 0. The van der Waals surface area contributed by atoms with Gasteiger partial charge >= 0.3 is 8.72 Å². The Morgan fingerprint density at radius 3 is 0.810 bits per heavy atom. The van der Waals surface area contributed by atoms with Gasteiger partial charge in [-0.3, -0.25) is 0 Å². The van der Waals surface area contributed by atoms with Crippen molar-refractivity contribution in [3.05, 3.63) is 0 Å². The zero-order valence-electron chi connectivity index (χ0n) is 15.6. The van der Waals surface area contributed by atoms with Crippen molar-refractivity contribution in [2.45, 2.75) is 55.4 Å². The van der Waals surface area contributed by atoms with Crippen LogP contribution in [0.4, 0.5) is 0 Å². The van der Waals surface area contributed by atoms with Gasteiger partial charge in [0.25, 0.3) is 0 Å². The lowest BCUT2D eigenvalue weighted by molar-refractivity contribution is 0.522. The lowest BCUT2D eigenvalue weighted by Gasteiger charge is -2.36. The van der Waals surface area contributed by atoms with Gasteiger partial charge in [-0.2, -0.15) is 0 Å². The normalized spacial score (nSPS) is 13.1. The summed E-state index contributed by atoms with van der Waals surface area (Å²) in [6.07, 6.45) is 0. The zero-order chi connectivity index (χ0) is 16.5. The number of hydrogen-bond acceptors (Lipinski definition) is 4. The molecule has 0 heterocycles. The molecule has 0 fully saturated rings. The van der Waals surface area contributed by atoms with Gasteiger partial charge in [-0.1, -0.05) is 55.4 Å². The molecule has 21 heavy (non-hydrogen) atoms. The molecule has 128 valence electrons. The van der Waals surface area contributed by atoms with Crippen LogP contribution in [0.1, 0.15) is 55.4 Å². The van der Waals surface area contributed by atoms with Crippen molar-refractivity contribution in [3.63, 3.8) is 0 Å². The summed E-state index contributed by atoms with van der Waals surface area (Å²) in [5.41, 5.74) is 0. The van der Waals surface area contributed by atoms with Crippen molar-refractivity contribution in [2.24, 2.45) is 23.7 Å². The molecule has 0 aromatic heterocycles. The molecular weight excluding hydrogens is 276 g/mol. The summed E-state index contributed by atoms with van der Waals surface area (Å²) in [6.45, 7) is 22.2. The molecule has 4 nitrogen and oxygen atoms in total. The summed E-state index contributed by atoms with van der Waals surface area (Å²) in [6, 6.07) is 0. The standard InChI is InChI=1S/C16H40N4Si/c1-13(2)9-17-21(18-10-14(3)4,19-11-15(5)6)20-12-16(7)8/h13-20H,9-12H2,1-8H3. The molecule has 0 aliphatic heterocycles. The van der Waals surface area contributed by atoms with E-state index in [9.17, 15) is 0 Å². The van der Waals surface area contributed by atoms with E-state index in [0.29, 0.717) is 23.7 Å². The molecule has 0 unspecified atom stereocenters. The third-order valence-electron chi connectivity index (χ3n) is 3.10. The van der Waals surface area contributed by atoms with Crippen LogP contribution in [-0.4, -0.2) is 34.9 Å². The topological polar surface area (TPSA) is 48.1 Å². The van der Waals surface area contributed by atoms with Crippen molar-refractivity contribution in [1.82, 2.24) is 19.9 Å². The van der Waals surface area contributed by atoms with Crippen LogP contribution in [0.2, 0.25) is 0 Å². The summed E-state index contributed by atoms with van der Waals surface area (Å²) in [7, 11) is -2.05. The van der Waals surface area contributed by atoms with E-state index in [-0.39, 0.29) is 0 Å². The van der Waals surface area contributed by atoms with E-state index in [1.54, 1.807) is 0 Å². The summed E-state index contributed by atoms with van der Waals surface area (Å²) in [4.78, 5) is 15.2. The van der Waals surface area contributed by atoms with Gasteiger partial charge in [0.2, 0.25) is 0 Å². The van der Waals surface area contributed by atoms with E-state index in [1.165, 1.54) is 0 Å². The fourth-order valence-electron chi connectivity index (χ4n) is 1.80. The van der Waals surface area contributed by atoms with Gasteiger partial charge < -0.3 is 19.9 Å². The van der Waals surface area contributed by atoms with Crippen molar-refractivity contribution in [1.29, 1.82) is 0 Å². The first-order valence-electron chi connectivity index (χ1n) is 8.67. The Balaban J connectivity index is 4.85. The van der Waals surface area contributed by atoms with Gasteiger partial charge in [0, 0.05) is 0 Å². The highest BCUT2D eigenvalue weighted by Gasteiger charge is 2.34. The van der Waals surface area contributed by atoms with Crippen LogP contribution in [0, 0.1) is 23.7 Å². The molecule has 0 aliphatic rings. The fourth-order valence-corrected chi connectivity index (χ4v) is 5.41. The van der Waals surface area contributed by atoms with Crippen LogP contribution in [0.15, 0.2) is 0 Å². The molecule has 0 rings (SSSR count). The van der Waals surface area contributed by atoms with Gasteiger partial charge in [0.15, 0.2) is 0 Å². The average molecular weight is 317 g/mol. The quantitative estimate of drug-likeness (QED) is 0.418. The third kappa shape index (κ3) is 11.3. The molecular formula is C16H40N4Si. The smallest absolute Gasteiger partial charge is 0.300 e. The second-order valence-electron chi connectivity index (χ2n) is 7.85. The van der Waals surface area contributed by atoms with Gasteiger partial charge in [-0.05, 0) is 49.9 Å². The SMILES string of the molecule is CC(C)CN[Si](NCC(C)C)(NCC(C)C)NCC(C)C. The van der Waals surface area contributed by atoms with Crippen molar-refractivity contribution in [2.75, 3.05) is 26.2 Å². The number of nitrogens with one attached hydrogen (secondary N) is 4. The summed E-state index contributed by atoms with van der Waals surface area (Å²) in [5.74, 6) is 2.61. The third-order valence-corrected chi connectivity index (χ3v) is 6.04. The van der Waals surface area contributed by atoms with Gasteiger partial charge in [0.05, 0.1) is 0 Å². The first kappa shape index (κ1) is 21.1. The maximum absolute atomic E-state index is 3.80. The van der Waals surface area contributed by atoms with Gasteiger partial charge in [-0.25, -0.2) is 0 Å². The molecule has 4 N–H and O–H groups in total. The molecule has 0 spiro atoms. The fraction of sp³-hybridized carbons (Fsp3) is 1.00. The van der Waals surface area contributed by atoms with Crippen LogP contribution in [0.3, 0.4) is 0 Å². The van der Waals surface area contributed by atoms with Crippen molar-refractivity contribution >= 4 is 8.72 Å². The highest BCUT2D eigenvalue weighted by Crippen LogP contribution is 1.98. The maximum Gasteiger partial charge on any atom is 0.365 e. The molecule has 0 amide bonds. The second-order valence-corrected chi connectivity index (χ2v) is 10.8. The minimum absolute atomic E-state index is 0.652. The predicted molar refractivity (Wildman–Crippen MR) is 97.1 cm³/mol. The van der Waals surface area contributed by atoms with Crippen molar-refractivity contribution < 1.29 is 0 Å². The monoisotopic (exact) mass is 316 g/mol. The Bertz CT molecular complexity index is 201. The van der Waals surface area contributed by atoms with E-state index in [4.69, 9.17) is 0 Å². The summed E-state index contributed by atoms with van der Waals surface area (Å²) in [5, 5.41) is 0. The predicted octanol–water partition coefficient (Wildman–Crippen LogP) is 2.40. The van der Waals surface area contributed by atoms with E-state index in [2.05, 4.69) is 75.3 Å². The molecule has 0 saturated heterocycles. The van der Waals surface area contributed by atoms with E-state index in [0.717, 1.165) is 26.2 Å². The average Bonchev–Trinajstić information content (AvgIpc) is 2.36. The largest absolute Gasteiger partial charge is 0.365 e. The second kappa shape index (κ2) is 10.7. The Morgan fingerprint density at radius 2 is 0.667 bits per heavy atom. The Kier molecular flexibility index (Phi) is 10.8. The van der Waals surface area contributed by atoms with Crippen LogP contribution in [0.5, 0.6) is 0 Å². The van der Waals surface area contributed by atoms with Crippen LogP contribution >= 0.6 is 0 Å². The van der Waals surface area contributed by atoms with Gasteiger partial charge in [0.1, 0.15) is 0 Å². The molecule has 0 aliphatic carbocycles. The molecule has 5 heteroatoms. The first-order chi connectivity index (χ1) is 9.67. The molecule has 0 atom stereocenters. The van der Waals surface area contributed by atoms with Crippen LogP contribution in [0.25, 0.3) is 0 Å². The molecule has 0 radical (unpaired) electrons. The molecule has 0 bridgehead atoms. The van der Waals surface area contributed by atoms with Crippen LogP contribution < -0.4 is 19.9 Å². The zero-order valence-corrected chi connectivity index (χ0v) is 16.6. The van der Waals surface area contributed by atoms with Crippen molar-refractivity contribution in [3.8, 4) is 0 Å². The van der Waals surface area contributed by atoms with E-state index >= 15 is 0 Å². The molecule has 0 saturated carbocycles. The highest BCUT2D eigenvalue weighted by molar-refractivity contribution is 6.70. The van der Waals surface area contributed by atoms with Crippen LogP contribution in [-0.2, 0) is 0 Å². The Hall–Kier alpha value is 0.0569. The first-order valence-corrected chi connectivity index (χ1v) is 10.7. The number of rotatable bonds is 12. The maximum atomic E-state index is 3.80. The highest BCUT2D eigenvalue weighted by atomic mass is 28.4. The van der Waals surface area contributed by atoms with E-state index in [1.807, 2.05) is 0 Å². The minimum Gasteiger partial charge on any atom is -0.300 e. The summed E-state index contributed by atoms with van der Waals surface area (Å²) >= 11 is 0. The lowest BCUT2D eigenvalue weighted by atomic mass is 10.2. The Labute approximate surface area is 134 Å². The lowest BCUT2D eigenvalue weighted by Crippen LogP contribution is -2.82. The van der Waals surface area contributed by atoms with E-state index < -0.39 is 8.72 Å². The Morgan fingerprint density at radius 1 is 0.476 bits per heavy atom.